The molecule has 1 aliphatic rings. The van der Waals surface area contributed by atoms with E-state index in [1.165, 1.54) is 30.6 Å². The van der Waals surface area contributed by atoms with E-state index >= 15 is 0 Å². The van der Waals surface area contributed by atoms with Crippen molar-refractivity contribution < 1.29 is 9.90 Å². The first kappa shape index (κ1) is 14.2. The van der Waals surface area contributed by atoms with Gasteiger partial charge in [0.15, 0.2) is 5.69 Å². The van der Waals surface area contributed by atoms with E-state index in [1.807, 2.05) is 18.2 Å². The average Bonchev–Trinajstić information content (AvgIpc) is 2.93. The number of aromatic nitrogens is 2. The molecule has 0 bridgehead atoms. The largest absolute Gasteiger partial charge is 0.476 e. The third-order valence-electron chi connectivity index (χ3n) is 3.60. The molecule has 2 aromatic heterocycles. The van der Waals surface area contributed by atoms with Crippen LogP contribution in [0.15, 0.2) is 24.4 Å². The zero-order chi connectivity index (χ0) is 14.7. The second-order valence-electron chi connectivity index (χ2n) is 5.15. The van der Waals surface area contributed by atoms with Crippen LogP contribution in [0.4, 0.5) is 0 Å². The lowest BCUT2D eigenvalue weighted by molar-refractivity contribution is 0.0689. The van der Waals surface area contributed by atoms with Crippen molar-refractivity contribution in [1.29, 1.82) is 0 Å². The second-order valence-corrected chi connectivity index (χ2v) is 6.23. The van der Waals surface area contributed by atoms with E-state index in [0.717, 1.165) is 23.7 Å². The molecule has 1 N–H and O–H groups in total. The van der Waals surface area contributed by atoms with Crippen LogP contribution in [-0.2, 0) is 6.54 Å². The average molecular weight is 303 g/mol. The molecule has 0 unspecified atom stereocenters. The maximum Gasteiger partial charge on any atom is 0.355 e. The van der Waals surface area contributed by atoms with Crippen LogP contribution in [0.3, 0.4) is 0 Å². The van der Waals surface area contributed by atoms with Gasteiger partial charge >= 0.3 is 5.97 Å². The fraction of sp³-hybridized carbons (Fsp3) is 0.400. The number of hydrogen-bond acceptors (Lipinski definition) is 5. The third kappa shape index (κ3) is 3.28. The van der Waals surface area contributed by atoms with Crippen LogP contribution in [0.25, 0.3) is 10.7 Å². The summed E-state index contributed by atoms with van der Waals surface area (Å²) in [6.45, 7) is 2.75. The summed E-state index contributed by atoms with van der Waals surface area (Å²) in [6, 6.07) is 5.58. The Balaban J connectivity index is 1.88. The van der Waals surface area contributed by atoms with Gasteiger partial charge in [0.1, 0.15) is 5.01 Å². The third-order valence-corrected chi connectivity index (χ3v) is 4.66. The van der Waals surface area contributed by atoms with Gasteiger partial charge in [-0.2, -0.15) is 0 Å². The number of piperidine rings is 1. The highest BCUT2D eigenvalue weighted by Crippen LogP contribution is 2.28. The number of rotatable bonds is 4. The lowest BCUT2D eigenvalue weighted by atomic mass is 10.1. The number of nitrogens with zero attached hydrogens (tertiary/aromatic N) is 3. The Kier molecular flexibility index (Phi) is 4.26. The van der Waals surface area contributed by atoms with Gasteiger partial charge in [-0.3, -0.25) is 9.88 Å². The number of likely N-dealkylation sites (tertiary alicyclic amines) is 1. The van der Waals surface area contributed by atoms with Crippen molar-refractivity contribution in [3.8, 4) is 10.7 Å². The summed E-state index contributed by atoms with van der Waals surface area (Å²) in [4.78, 5) is 23.1. The summed E-state index contributed by atoms with van der Waals surface area (Å²) in [5.74, 6) is -0.958. The number of aromatic carboxylic acids is 1. The minimum absolute atomic E-state index is 0.172. The predicted molar refractivity (Wildman–Crippen MR) is 81.4 cm³/mol. The number of carboxylic acid groups (broad SMARTS) is 1. The molecule has 21 heavy (non-hydrogen) atoms. The molecular formula is C15H17N3O2S. The number of thiazole rings is 1. The van der Waals surface area contributed by atoms with E-state index in [-0.39, 0.29) is 5.69 Å². The number of carbonyl (C=O) groups is 1. The Morgan fingerprint density at radius 1 is 1.29 bits per heavy atom. The first-order valence-electron chi connectivity index (χ1n) is 7.11. The van der Waals surface area contributed by atoms with Crippen LogP contribution >= 0.6 is 11.3 Å². The molecule has 6 heteroatoms. The van der Waals surface area contributed by atoms with E-state index < -0.39 is 5.97 Å². The van der Waals surface area contributed by atoms with Gasteiger partial charge in [-0.1, -0.05) is 12.5 Å². The minimum atomic E-state index is -0.958. The molecule has 3 heterocycles. The fourth-order valence-electron chi connectivity index (χ4n) is 2.55. The monoisotopic (exact) mass is 303 g/mol. The van der Waals surface area contributed by atoms with Gasteiger partial charge in [0.05, 0.1) is 10.6 Å². The van der Waals surface area contributed by atoms with Crippen molar-refractivity contribution in [2.45, 2.75) is 25.8 Å². The van der Waals surface area contributed by atoms with Crippen LogP contribution < -0.4 is 0 Å². The standard InChI is InChI=1S/C15H17N3O2S/c19-15(20)13-12(10-18-8-4-1-5-9-18)21-14(17-13)11-6-2-3-7-16-11/h2-3,6-7H,1,4-5,8-10H2,(H,19,20). The predicted octanol–water partition coefficient (Wildman–Crippen LogP) is 2.89. The van der Waals surface area contributed by atoms with E-state index in [2.05, 4.69) is 14.9 Å². The van der Waals surface area contributed by atoms with Gasteiger partial charge in [0, 0.05) is 12.7 Å². The second kappa shape index (κ2) is 6.32. The minimum Gasteiger partial charge on any atom is -0.476 e. The van der Waals surface area contributed by atoms with Crippen molar-refractivity contribution in [2.24, 2.45) is 0 Å². The first-order chi connectivity index (χ1) is 10.2. The zero-order valence-corrected chi connectivity index (χ0v) is 12.5. The van der Waals surface area contributed by atoms with Crippen LogP contribution in [0.2, 0.25) is 0 Å². The Labute approximate surface area is 127 Å². The van der Waals surface area contributed by atoms with E-state index in [1.54, 1.807) is 6.20 Å². The number of pyridine rings is 1. The fourth-order valence-corrected chi connectivity index (χ4v) is 3.62. The van der Waals surface area contributed by atoms with Crippen molar-refractivity contribution in [3.63, 3.8) is 0 Å². The lowest BCUT2D eigenvalue weighted by Crippen LogP contribution is -2.29. The zero-order valence-electron chi connectivity index (χ0n) is 11.7. The number of hydrogen-bond donors (Lipinski definition) is 1. The van der Waals surface area contributed by atoms with Crippen LogP contribution in [0, 0.1) is 0 Å². The first-order valence-corrected chi connectivity index (χ1v) is 7.92. The molecule has 1 aliphatic heterocycles. The molecule has 0 amide bonds. The molecule has 1 fully saturated rings. The van der Waals surface area contributed by atoms with Crippen LogP contribution in [0.1, 0.15) is 34.6 Å². The molecule has 0 aromatic carbocycles. The van der Waals surface area contributed by atoms with Gasteiger partial charge in [-0.25, -0.2) is 9.78 Å². The maximum atomic E-state index is 11.4. The Morgan fingerprint density at radius 3 is 2.76 bits per heavy atom. The Hall–Kier alpha value is -1.79. The molecule has 0 atom stereocenters. The number of carboxylic acids is 1. The summed E-state index contributed by atoms with van der Waals surface area (Å²) in [5.41, 5.74) is 0.904. The van der Waals surface area contributed by atoms with Gasteiger partial charge in [-0.05, 0) is 38.1 Å². The van der Waals surface area contributed by atoms with Crippen molar-refractivity contribution >= 4 is 17.3 Å². The van der Waals surface area contributed by atoms with E-state index in [4.69, 9.17) is 0 Å². The molecule has 5 nitrogen and oxygen atoms in total. The van der Waals surface area contributed by atoms with E-state index in [9.17, 15) is 9.90 Å². The summed E-state index contributed by atoms with van der Waals surface area (Å²) in [6.07, 6.45) is 5.34. The van der Waals surface area contributed by atoms with Gasteiger partial charge in [0.25, 0.3) is 0 Å². The highest BCUT2D eigenvalue weighted by Gasteiger charge is 2.21. The lowest BCUT2D eigenvalue weighted by Gasteiger charge is -2.25. The van der Waals surface area contributed by atoms with Gasteiger partial charge in [-0.15, -0.1) is 11.3 Å². The quantitative estimate of drug-likeness (QED) is 0.940. The molecule has 0 aliphatic carbocycles. The van der Waals surface area contributed by atoms with E-state index in [0.29, 0.717) is 11.6 Å². The topological polar surface area (TPSA) is 66.3 Å². The van der Waals surface area contributed by atoms with Crippen molar-refractivity contribution in [1.82, 2.24) is 14.9 Å². The maximum absolute atomic E-state index is 11.4. The molecule has 0 spiro atoms. The van der Waals surface area contributed by atoms with Gasteiger partial charge < -0.3 is 5.11 Å². The molecular weight excluding hydrogens is 286 g/mol. The molecule has 110 valence electrons. The van der Waals surface area contributed by atoms with Crippen molar-refractivity contribution in [3.05, 3.63) is 35.0 Å². The molecule has 0 saturated carbocycles. The summed E-state index contributed by atoms with van der Waals surface area (Å²) < 4.78 is 0. The Bertz CT molecular complexity index is 621. The van der Waals surface area contributed by atoms with Crippen LogP contribution in [0.5, 0.6) is 0 Å². The van der Waals surface area contributed by atoms with Crippen molar-refractivity contribution in [2.75, 3.05) is 13.1 Å². The Morgan fingerprint density at radius 2 is 2.10 bits per heavy atom. The molecule has 3 rings (SSSR count). The van der Waals surface area contributed by atoms with Gasteiger partial charge in [0.2, 0.25) is 0 Å². The highest BCUT2D eigenvalue weighted by molar-refractivity contribution is 7.15. The summed E-state index contributed by atoms with van der Waals surface area (Å²) in [5, 5.41) is 10.0. The SMILES string of the molecule is O=C(O)c1nc(-c2ccccn2)sc1CN1CCCCC1. The molecule has 1 saturated heterocycles. The summed E-state index contributed by atoms with van der Waals surface area (Å²) >= 11 is 1.44. The smallest absolute Gasteiger partial charge is 0.355 e. The van der Waals surface area contributed by atoms with Crippen LogP contribution in [-0.4, -0.2) is 39.0 Å². The molecule has 0 radical (unpaired) electrons. The normalized spacial score (nSPS) is 16.0. The summed E-state index contributed by atoms with van der Waals surface area (Å²) in [7, 11) is 0. The highest BCUT2D eigenvalue weighted by atomic mass is 32.1. The molecule has 2 aromatic rings.